The number of benzene rings is 2. The van der Waals surface area contributed by atoms with Gasteiger partial charge in [-0.15, -0.1) is 23.1 Å². The van der Waals surface area contributed by atoms with E-state index in [2.05, 4.69) is 0 Å². The van der Waals surface area contributed by atoms with Crippen LogP contribution in [0.4, 0.5) is 13.2 Å². The second kappa shape index (κ2) is 12.1. The number of halogens is 3. The van der Waals surface area contributed by atoms with Crippen molar-refractivity contribution in [3.8, 4) is 10.4 Å². The van der Waals surface area contributed by atoms with Crippen LogP contribution in [0.25, 0.3) is 10.4 Å². The fourth-order valence-corrected chi connectivity index (χ4v) is 6.52. The lowest BCUT2D eigenvalue weighted by Crippen LogP contribution is -2.52. The Morgan fingerprint density at radius 1 is 0.974 bits per heavy atom. The molecule has 39 heavy (non-hydrogen) atoms. The first kappa shape index (κ1) is 29.2. The number of hydrogen-bond donors (Lipinski definition) is 0. The zero-order valence-electron chi connectivity index (χ0n) is 22.1. The normalized spacial score (nSPS) is 22.9. The molecular weight excluding hydrogens is 549 g/mol. The molecule has 0 N–H and O–H groups in total. The summed E-state index contributed by atoms with van der Waals surface area (Å²) in [6.45, 7) is 6.53. The van der Waals surface area contributed by atoms with E-state index in [9.17, 15) is 22.8 Å². The first-order valence-corrected chi connectivity index (χ1v) is 14.4. The summed E-state index contributed by atoms with van der Waals surface area (Å²) in [5, 5.41) is 0. The van der Waals surface area contributed by atoms with Crippen LogP contribution in [0.2, 0.25) is 0 Å². The molecule has 0 saturated carbocycles. The van der Waals surface area contributed by atoms with E-state index in [0.29, 0.717) is 11.3 Å². The van der Waals surface area contributed by atoms with Gasteiger partial charge in [0.05, 0.1) is 6.10 Å². The Labute approximate surface area is 233 Å². The van der Waals surface area contributed by atoms with E-state index in [-0.39, 0.29) is 11.5 Å². The third kappa shape index (κ3) is 6.50. The zero-order chi connectivity index (χ0) is 28.4. The molecule has 0 bridgehead atoms. The highest BCUT2D eigenvalue weighted by molar-refractivity contribution is 7.99. The lowest BCUT2D eigenvalue weighted by atomic mass is 9.85. The molecule has 0 aliphatic carbocycles. The van der Waals surface area contributed by atoms with Crippen LogP contribution in [0.1, 0.15) is 48.4 Å². The Bertz CT molecular complexity index is 1350. The quantitative estimate of drug-likeness (QED) is 0.222. The average molecular weight is 579 g/mol. The van der Waals surface area contributed by atoms with Crippen LogP contribution in [-0.2, 0) is 30.2 Å². The summed E-state index contributed by atoms with van der Waals surface area (Å²) < 4.78 is 58.4. The van der Waals surface area contributed by atoms with Gasteiger partial charge in [-0.3, -0.25) is 9.59 Å². The molecule has 1 aliphatic heterocycles. The van der Waals surface area contributed by atoms with Gasteiger partial charge in [-0.1, -0.05) is 25.1 Å². The molecule has 2 aromatic carbocycles. The van der Waals surface area contributed by atoms with Gasteiger partial charge >= 0.3 is 11.9 Å². The van der Waals surface area contributed by atoms with E-state index >= 15 is 0 Å². The van der Waals surface area contributed by atoms with Gasteiger partial charge in [0.15, 0.2) is 23.6 Å². The Morgan fingerprint density at radius 3 is 2.23 bits per heavy atom. The largest absolute Gasteiger partial charge is 0.458 e. The van der Waals surface area contributed by atoms with Gasteiger partial charge < -0.3 is 14.2 Å². The number of hydrogen-bond acceptors (Lipinski definition) is 7. The van der Waals surface area contributed by atoms with E-state index < -0.39 is 53.1 Å². The fraction of sp³-hybridized carbons (Fsp3) is 0.379. The van der Waals surface area contributed by atoms with Crippen molar-refractivity contribution >= 4 is 35.0 Å². The molecule has 2 heterocycles. The highest BCUT2D eigenvalue weighted by atomic mass is 32.2. The van der Waals surface area contributed by atoms with E-state index in [1.165, 1.54) is 36.9 Å². The molecule has 1 aromatic heterocycles. The number of esters is 2. The number of carbonyl (C=O) groups is 2. The molecule has 0 amide bonds. The Hall–Kier alpha value is -2.82. The standard InChI is InChI=1S/C29H29F3O5S2/c1-14-6-7-18(26-15(2)27(35-16(3)33)28(36-17(4)34)29(37-26)38-5)10-19(14)11-21-8-9-24(39-21)20-12-22(30)25(32)23(31)13-20/h6-10,12-13,15,26-29H,11H2,1-5H3/t15-,26?,27+,28-,29+/m0/s1. The molecule has 208 valence electrons. The fourth-order valence-electron chi connectivity index (χ4n) is 4.80. The van der Waals surface area contributed by atoms with Crippen LogP contribution in [0, 0.1) is 30.3 Å². The molecule has 5 nitrogen and oxygen atoms in total. The number of carbonyl (C=O) groups excluding carboxylic acids is 2. The van der Waals surface area contributed by atoms with Crippen LogP contribution in [0.3, 0.4) is 0 Å². The third-order valence-corrected chi connectivity index (χ3v) is 8.68. The molecule has 1 fully saturated rings. The van der Waals surface area contributed by atoms with Gasteiger partial charge in [-0.2, -0.15) is 0 Å². The zero-order valence-corrected chi connectivity index (χ0v) is 23.8. The highest BCUT2D eigenvalue weighted by Gasteiger charge is 2.48. The molecule has 10 heteroatoms. The molecule has 0 radical (unpaired) electrons. The van der Waals surface area contributed by atoms with E-state index in [0.717, 1.165) is 33.7 Å². The lowest BCUT2D eigenvalue weighted by molar-refractivity contribution is -0.208. The van der Waals surface area contributed by atoms with E-state index in [4.69, 9.17) is 14.2 Å². The maximum absolute atomic E-state index is 13.7. The van der Waals surface area contributed by atoms with Crippen molar-refractivity contribution in [1.29, 1.82) is 0 Å². The van der Waals surface area contributed by atoms with Gasteiger partial charge in [0.25, 0.3) is 0 Å². The minimum atomic E-state index is -1.49. The average Bonchev–Trinajstić information content (AvgIpc) is 3.34. The molecule has 1 unspecified atom stereocenters. The van der Waals surface area contributed by atoms with Gasteiger partial charge in [0.2, 0.25) is 0 Å². The molecule has 4 rings (SSSR count). The van der Waals surface area contributed by atoms with E-state index in [1.54, 1.807) is 6.07 Å². The number of thiophene rings is 1. The van der Waals surface area contributed by atoms with Crippen molar-refractivity contribution in [2.75, 3.05) is 6.26 Å². The first-order chi connectivity index (χ1) is 18.5. The maximum atomic E-state index is 13.7. The Balaban J connectivity index is 1.61. The topological polar surface area (TPSA) is 61.8 Å². The summed E-state index contributed by atoms with van der Waals surface area (Å²) in [4.78, 5) is 25.3. The van der Waals surface area contributed by atoms with Crippen LogP contribution < -0.4 is 0 Å². The van der Waals surface area contributed by atoms with E-state index in [1.807, 2.05) is 44.4 Å². The van der Waals surface area contributed by atoms with Crippen molar-refractivity contribution in [3.63, 3.8) is 0 Å². The van der Waals surface area contributed by atoms with Gasteiger partial charge in [-0.05, 0) is 59.7 Å². The highest BCUT2D eigenvalue weighted by Crippen LogP contribution is 2.42. The second-order valence-electron chi connectivity index (χ2n) is 9.55. The summed E-state index contributed by atoms with van der Waals surface area (Å²) in [6, 6.07) is 11.6. The van der Waals surface area contributed by atoms with Crippen molar-refractivity contribution in [1.82, 2.24) is 0 Å². The smallest absolute Gasteiger partial charge is 0.303 e. The summed E-state index contributed by atoms with van der Waals surface area (Å²) in [6.07, 6.45) is 0.536. The predicted molar refractivity (Wildman–Crippen MR) is 145 cm³/mol. The molecule has 1 aliphatic rings. The molecular formula is C29H29F3O5S2. The van der Waals surface area contributed by atoms with Crippen LogP contribution in [-0.4, -0.2) is 35.8 Å². The van der Waals surface area contributed by atoms with Crippen molar-refractivity contribution in [3.05, 3.63) is 81.5 Å². The summed E-state index contributed by atoms with van der Waals surface area (Å²) >= 11 is 2.75. The SMILES string of the molecule is CS[C@H]1OC(c2ccc(C)c(Cc3ccc(-c4cc(F)c(F)c(F)c4)s3)c2)[C@H](C)[C@@H](OC(C)=O)[C@@H]1OC(C)=O. The van der Waals surface area contributed by atoms with Crippen molar-refractivity contribution in [2.45, 2.75) is 57.9 Å². The molecule has 0 spiro atoms. The van der Waals surface area contributed by atoms with Gasteiger partial charge in [0, 0.05) is 35.9 Å². The third-order valence-electron chi connectivity index (χ3n) is 6.70. The predicted octanol–water partition coefficient (Wildman–Crippen LogP) is 6.99. The van der Waals surface area contributed by atoms with Gasteiger partial charge in [0.1, 0.15) is 11.5 Å². The molecule has 1 saturated heterocycles. The minimum absolute atomic E-state index is 0.277. The Morgan fingerprint density at radius 2 is 1.62 bits per heavy atom. The molecule has 3 aromatic rings. The van der Waals surface area contributed by atoms with Crippen LogP contribution in [0.15, 0.2) is 42.5 Å². The maximum Gasteiger partial charge on any atom is 0.303 e. The Kier molecular flexibility index (Phi) is 9.08. The summed E-state index contributed by atoms with van der Waals surface area (Å²) in [5.41, 5.74) is 2.70. The van der Waals surface area contributed by atoms with Crippen LogP contribution >= 0.6 is 23.1 Å². The first-order valence-electron chi connectivity index (χ1n) is 12.3. The van der Waals surface area contributed by atoms with Crippen molar-refractivity contribution in [2.24, 2.45) is 5.92 Å². The van der Waals surface area contributed by atoms with Crippen molar-refractivity contribution < 1.29 is 37.0 Å². The monoisotopic (exact) mass is 578 g/mol. The number of aryl methyl sites for hydroxylation is 1. The number of rotatable bonds is 7. The number of ether oxygens (including phenoxy) is 3. The summed E-state index contributed by atoms with van der Waals surface area (Å²) in [7, 11) is 0. The lowest BCUT2D eigenvalue weighted by Gasteiger charge is -2.44. The summed E-state index contributed by atoms with van der Waals surface area (Å²) in [5.74, 6) is -5.20. The number of thioether (sulfide) groups is 1. The van der Waals surface area contributed by atoms with Gasteiger partial charge in [-0.25, -0.2) is 13.2 Å². The van der Waals surface area contributed by atoms with Crippen LogP contribution in [0.5, 0.6) is 0 Å². The minimum Gasteiger partial charge on any atom is -0.458 e. The second-order valence-corrected chi connectivity index (χ2v) is 11.7. The molecule has 5 atom stereocenters.